The Morgan fingerprint density at radius 3 is 2.71 bits per heavy atom. The molecule has 0 saturated carbocycles. The van der Waals surface area contributed by atoms with Crippen LogP contribution in [0.1, 0.15) is 35.1 Å². The predicted molar refractivity (Wildman–Crippen MR) is 115 cm³/mol. The van der Waals surface area contributed by atoms with Gasteiger partial charge >= 0.3 is 6.03 Å². The number of rotatable bonds is 5. The number of hydrogen-bond acceptors (Lipinski definition) is 5. The summed E-state index contributed by atoms with van der Waals surface area (Å²) in [7, 11) is -2.35. The maximum atomic E-state index is 12.8. The molecule has 0 bridgehead atoms. The van der Waals surface area contributed by atoms with Crippen molar-refractivity contribution in [2.45, 2.75) is 56.0 Å². The van der Waals surface area contributed by atoms with E-state index in [1.165, 1.54) is 28.5 Å². The second-order valence-corrected chi connectivity index (χ2v) is 9.43. The zero-order valence-corrected chi connectivity index (χ0v) is 18.1. The number of urea groups is 1. The zero-order chi connectivity index (χ0) is 21.4. The number of nitrogens with one attached hydrogen (secondary N) is 2. The molecule has 1 aliphatic heterocycles. The molecule has 1 aromatic heterocycles. The predicted octanol–water partition coefficient (Wildman–Crippen LogP) is 2.44. The van der Waals surface area contributed by atoms with Crippen LogP contribution < -0.4 is 15.4 Å². The molecule has 31 heavy (non-hydrogen) atoms. The van der Waals surface area contributed by atoms with Gasteiger partial charge in [0, 0.05) is 12.2 Å². The first-order valence-corrected chi connectivity index (χ1v) is 12.0. The molecule has 2 unspecified atom stereocenters. The third kappa shape index (κ3) is 3.94. The Morgan fingerprint density at radius 1 is 1.26 bits per heavy atom. The molecule has 0 fully saturated rings. The molecular weight excluding hydrogens is 421 g/mol. The Hall–Kier alpha value is -2.46. The molecule has 0 spiro atoms. The average molecular weight is 448 g/mol. The van der Waals surface area contributed by atoms with E-state index < -0.39 is 23.3 Å². The van der Waals surface area contributed by atoms with E-state index in [1.54, 1.807) is 4.68 Å². The number of halogens is 1. The van der Waals surface area contributed by atoms with Gasteiger partial charge in [0.1, 0.15) is 18.2 Å². The summed E-state index contributed by atoms with van der Waals surface area (Å²) in [4.78, 5) is 13.0. The van der Waals surface area contributed by atoms with E-state index in [0.29, 0.717) is 23.9 Å². The number of anilines is 1. The number of thiol groups is 1. The molecule has 2 amide bonds. The number of carbonyl (C=O) groups excluding carboxylic acids is 1. The van der Waals surface area contributed by atoms with Crippen molar-refractivity contribution in [3.63, 3.8) is 0 Å². The van der Waals surface area contributed by atoms with Crippen LogP contribution in [0.15, 0.2) is 21.5 Å². The van der Waals surface area contributed by atoms with Gasteiger partial charge in [0.15, 0.2) is 0 Å². The second-order valence-electron chi connectivity index (χ2n) is 8.21. The fourth-order valence-corrected chi connectivity index (χ4v) is 5.65. The third-order valence-electron chi connectivity index (χ3n) is 6.21. The van der Waals surface area contributed by atoms with Crippen LogP contribution in [0.2, 0.25) is 0 Å². The highest BCUT2D eigenvalue weighted by Crippen LogP contribution is 2.38. The van der Waals surface area contributed by atoms with E-state index in [-0.39, 0.29) is 12.6 Å². The molecule has 2 aliphatic carbocycles. The van der Waals surface area contributed by atoms with Crippen LogP contribution in [0.3, 0.4) is 0 Å². The van der Waals surface area contributed by atoms with Crippen molar-refractivity contribution in [3.8, 4) is 5.88 Å². The summed E-state index contributed by atoms with van der Waals surface area (Å²) in [5.41, 5.74) is 5.93. The number of aryl methyl sites for hydroxylation is 2. The number of hydrogen-bond donors (Lipinski definition) is 3. The lowest BCUT2D eigenvalue weighted by molar-refractivity contribution is 0.177. The van der Waals surface area contributed by atoms with Crippen molar-refractivity contribution < 1.29 is 18.1 Å². The van der Waals surface area contributed by atoms with Crippen LogP contribution in [-0.2, 0) is 42.8 Å². The molecule has 0 radical (unpaired) electrons. The Labute approximate surface area is 181 Å². The average Bonchev–Trinajstić information content (AvgIpc) is 3.50. The van der Waals surface area contributed by atoms with Gasteiger partial charge in [0.2, 0.25) is 5.88 Å². The summed E-state index contributed by atoms with van der Waals surface area (Å²) in [5.74, 6) is 0.359. The molecule has 1 aromatic carbocycles. The lowest BCUT2D eigenvalue weighted by Crippen LogP contribution is -2.42. The topological polar surface area (TPSA) is 97.6 Å². The Balaban J connectivity index is 1.35. The second kappa shape index (κ2) is 8.58. The molecular formula is C21H26FN5O3S. The van der Waals surface area contributed by atoms with E-state index >= 15 is 0 Å². The van der Waals surface area contributed by atoms with Gasteiger partial charge < -0.3 is 15.4 Å². The normalized spacial score (nSPS) is 20.1. The van der Waals surface area contributed by atoms with Gasteiger partial charge in [-0.25, -0.2) is 18.1 Å². The van der Waals surface area contributed by atoms with Gasteiger partial charge in [0.25, 0.3) is 0 Å². The quantitative estimate of drug-likeness (QED) is 0.612. The van der Waals surface area contributed by atoms with Crippen LogP contribution in [0.4, 0.5) is 14.9 Å². The van der Waals surface area contributed by atoms with Crippen LogP contribution >= 0.6 is 0 Å². The van der Waals surface area contributed by atoms with Crippen molar-refractivity contribution >= 4 is 22.3 Å². The number of fused-ring (bicyclic) bond motifs is 3. The Morgan fingerprint density at radius 2 is 2.00 bits per heavy atom. The highest BCUT2D eigenvalue weighted by atomic mass is 32.2. The zero-order valence-electron chi connectivity index (χ0n) is 17.2. The summed E-state index contributed by atoms with van der Waals surface area (Å²) in [6, 6.07) is 1.62. The summed E-state index contributed by atoms with van der Waals surface area (Å²) >= 11 is 0. The Kier molecular flexibility index (Phi) is 5.66. The molecule has 8 nitrogen and oxygen atoms in total. The Bertz CT molecular complexity index is 1080. The van der Waals surface area contributed by atoms with Crippen LogP contribution in [0.5, 0.6) is 5.88 Å². The summed E-state index contributed by atoms with van der Waals surface area (Å²) in [6.07, 6.45) is 7.59. The third-order valence-corrected chi connectivity index (χ3v) is 7.29. The number of ether oxygens (including phenoxy) is 1. The SMILES string of the molecule is O=C(N=[SH](=O)c1cnn2c1OCC(NCCF)C2)Nc1c2c(cc3c1CCC3)CCC2. The number of alkyl halides is 1. The molecule has 166 valence electrons. The molecule has 0 saturated heterocycles. The van der Waals surface area contributed by atoms with Gasteiger partial charge in [-0.1, -0.05) is 6.07 Å². The van der Waals surface area contributed by atoms with E-state index in [4.69, 9.17) is 4.74 Å². The minimum absolute atomic E-state index is 0.0728. The number of benzene rings is 1. The monoisotopic (exact) mass is 447 g/mol. The fourth-order valence-electron chi connectivity index (χ4n) is 4.83. The van der Waals surface area contributed by atoms with Gasteiger partial charge in [-0.05, 0) is 60.8 Å². The minimum Gasteiger partial charge on any atom is -0.475 e. The number of nitrogens with zero attached hydrogens (tertiary/aromatic N) is 3. The smallest absolute Gasteiger partial charge is 0.353 e. The maximum absolute atomic E-state index is 12.8. The van der Waals surface area contributed by atoms with Crippen molar-refractivity contribution in [3.05, 3.63) is 34.5 Å². The number of carbonyl (C=O) groups is 1. The first-order chi connectivity index (χ1) is 15.1. The van der Waals surface area contributed by atoms with Crippen LogP contribution in [-0.4, -0.2) is 45.9 Å². The molecule has 2 N–H and O–H groups in total. The molecule has 5 rings (SSSR count). The van der Waals surface area contributed by atoms with Crippen molar-refractivity contribution in [1.29, 1.82) is 0 Å². The van der Waals surface area contributed by atoms with Gasteiger partial charge in [-0.2, -0.15) is 5.10 Å². The fraction of sp³-hybridized carbons (Fsp3) is 0.524. The molecule has 3 aliphatic rings. The van der Waals surface area contributed by atoms with Gasteiger partial charge in [0.05, 0.1) is 29.4 Å². The summed E-state index contributed by atoms with van der Waals surface area (Å²) in [6.45, 7) is 0.582. The number of amides is 2. The summed E-state index contributed by atoms with van der Waals surface area (Å²) in [5, 5.41) is 10.2. The molecule has 2 heterocycles. The standard InChI is InChI=1S/C21H26FN5O3S/c22-7-8-23-15-11-27-20(30-12-15)18(10-24-27)31(29)26-21(28)25-19-16-5-1-3-13(16)9-14-4-2-6-17(14)19/h9-10,15,23,31H,1-8,11-12H2,(H,25,28). The molecule has 2 atom stereocenters. The van der Waals surface area contributed by atoms with E-state index in [1.807, 2.05) is 0 Å². The largest absolute Gasteiger partial charge is 0.475 e. The molecule has 2 aromatic rings. The van der Waals surface area contributed by atoms with Crippen molar-refractivity contribution in [2.75, 3.05) is 25.1 Å². The van der Waals surface area contributed by atoms with E-state index in [0.717, 1.165) is 44.2 Å². The number of aromatic nitrogens is 2. The van der Waals surface area contributed by atoms with Crippen LogP contribution in [0.25, 0.3) is 0 Å². The highest BCUT2D eigenvalue weighted by Gasteiger charge is 2.26. The summed E-state index contributed by atoms with van der Waals surface area (Å²) < 4.78 is 36.3. The van der Waals surface area contributed by atoms with Crippen LogP contribution in [0, 0.1) is 0 Å². The maximum Gasteiger partial charge on any atom is 0.353 e. The van der Waals surface area contributed by atoms with Crippen molar-refractivity contribution in [2.24, 2.45) is 4.36 Å². The van der Waals surface area contributed by atoms with Gasteiger partial charge in [-0.3, -0.25) is 0 Å². The van der Waals surface area contributed by atoms with Gasteiger partial charge in [-0.15, -0.1) is 4.36 Å². The molecule has 10 heteroatoms. The van der Waals surface area contributed by atoms with E-state index in [9.17, 15) is 13.4 Å². The van der Waals surface area contributed by atoms with E-state index in [2.05, 4.69) is 26.2 Å². The highest BCUT2D eigenvalue weighted by molar-refractivity contribution is 7.75. The minimum atomic E-state index is -2.35. The first-order valence-electron chi connectivity index (χ1n) is 10.8. The lowest BCUT2D eigenvalue weighted by atomic mass is 9.99. The lowest BCUT2D eigenvalue weighted by Gasteiger charge is -2.24. The van der Waals surface area contributed by atoms with Crippen molar-refractivity contribution in [1.82, 2.24) is 15.1 Å². The first kappa shape index (κ1) is 20.4.